The third-order valence-electron chi connectivity index (χ3n) is 2.75. The number of aryl methyl sites for hydroxylation is 1. The molecule has 0 aromatic carbocycles. The molecule has 16 heavy (non-hydrogen) atoms. The van der Waals surface area contributed by atoms with Crippen LogP contribution < -0.4 is 5.32 Å². The summed E-state index contributed by atoms with van der Waals surface area (Å²) in [6.07, 6.45) is 5.45. The van der Waals surface area contributed by atoms with Crippen molar-refractivity contribution in [2.45, 2.75) is 45.8 Å². The minimum atomic E-state index is -0.847. The highest BCUT2D eigenvalue weighted by Gasteiger charge is 2.27. The maximum absolute atomic E-state index is 10.4. The monoisotopic (exact) mass is 225 g/mol. The molecule has 0 fully saturated rings. The van der Waals surface area contributed by atoms with Gasteiger partial charge in [-0.05, 0) is 39.8 Å². The third-order valence-corrected chi connectivity index (χ3v) is 2.75. The van der Waals surface area contributed by atoms with Crippen LogP contribution in [0.4, 0.5) is 0 Å². The van der Waals surface area contributed by atoms with Gasteiger partial charge < -0.3 is 15.0 Å². The molecule has 0 aliphatic carbocycles. The molecule has 0 aliphatic heterocycles. The molecule has 4 nitrogen and oxygen atoms in total. The molecule has 0 saturated carbocycles. The van der Waals surface area contributed by atoms with Crippen LogP contribution in [0.15, 0.2) is 12.4 Å². The Morgan fingerprint density at radius 3 is 2.81 bits per heavy atom. The molecule has 1 atom stereocenters. The van der Waals surface area contributed by atoms with E-state index in [-0.39, 0.29) is 0 Å². The van der Waals surface area contributed by atoms with E-state index in [1.807, 2.05) is 17.7 Å². The van der Waals surface area contributed by atoms with Crippen molar-refractivity contribution in [1.82, 2.24) is 14.9 Å². The van der Waals surface area contributed by atoms with Crippen LogP contribution in [-0.4, -0.2) is 27.7 Å². The standard InChI is InChI=1S/C12H23N3O/c1-4-7-13-8-6-12(3,16)11-14-9-10-15(11)5-2/h9-10,13,16H,4-8H2,1-3H3. The minimum Gasteiger partial charge on any atom is -0.382 e. The van der Waals surface area contributed by atoms with Crippen molar-refractivity contribution in [3.63, 3.8) is 0 Å². The van der Waals surface area contributed by atoms with Crippen molar-refractivity contribution in [2.75, 3.05) is 13.1 Å². The zero-order chi connectivity index (χ0) is 12.0. The maximum atomic E-state index is 10.4. The van der Waals surface area contributed by atoms with Crippen molar-refractivity contribution >= 4 is 0 Å². The number of imidazole rings is 1. The Kier molecular flexibility index (Phi) is 4.96. The Labute approximate surface area is 97.7 Å². The second-order valence-corrected chi connectivity index (χ2v) is 4.31. The second-order valence-electron chi connectivity index (χ2n) is 4.31. The van der Waals surface area contributed by atoms with Crippen LogP contribution in [0.1, 0.15) is 39.4 Å². The van der Waals surface area contributed by atoms with E-state index in [1.165, 1.54) is 0 Å². The topological polar surface area (TPSA) is 50.1 Å². The average molecular weight is 225 g/mol. The number of nitrogens with one attached hydrogen (secondary N) is 1. The quantitative estimate of drug-likeness (QED) is 0.691. The SMILES string of the molecule is CCCNCCC(C)(O)c1nccn1CC. The van der Waals surface area contributed by atoms with E-state index in [4.69, 9.17) is 0 Å². The highest BCUT2D eigenvalue weighted by atomic mass is 16.3. The van der Waals surface area contributed by atoms with Crippen molar-refractivity contribution in [1.29, 1.82) is 0 Å². The summed E-state index contributed by atoms with van der Waals surface area (Å²) in [6.45, 7) is 8.67. The Balaban J connectivity index is 2.55. The van der Waals surface area contributed by atoms with Gasteiger partial charge in [0.05, 0.1) is 0 Å². The fourth-order valence-electron chi connectivity index (χ4n) is 1.78. The van der Waals surface area contributed by atoms with Gasteiger partial charge in [0.25, 0.3) is 0 Å². The van der Waals surface area contributed by atoms with Crippen LogP contribution in [0.2, 0.25) is 0 Å². The molecule has 1 rings (SSSR count). The highest BCUT2D eigenvalue weighted by Crippen LogP contribution is 2.22. The molecule has 0 spiro atoms. The number of nitrogens with zero attached hydrogens (tertiary/aromatic N) is 2. The van der Waals surface area contributed by atoms with Crippen LogP contribution in [0.3, 0.4) is 0 Å². The Bertz CT molecular complexity index is 307. The molecule has 0 radical (unpaired) electrons. The van der Waals surface area contributed by atoms with Crippen LogP contribution in [-0.2, 0) is 12.1 Å². The molecule has 1 aromatic heterocycles. The first kappa shape index (κ1) is 13.2. The van der Waals surface area contributed by atoms with Gasteiger partial charge in [-0.1, -0.05) is 6.92 Å². The van der Waals surface area contributed by atoms with E-state index < -0.39 is 5.60 Å². The molecule has 1 heterocycles. The van der Waals surface area contributed by atoms with Crippen LogP contribution in [0.25, 0.3) is 0 Å². The van der Waals surface area contributed by atoms with E-state index in [1.54, 1.807) is 6.20 Å². The van der Waals surface area contributed by atoms with Crippen molar-refractivity contribution < 1.29 is 5.11 Å². The summed E-state index contributed by atoms with van der Waals surface area (Å²) >= 11 is 0. The van der Waals surface area contributed by atoms with Gasteiger partial charge in [-0.3, -0.25) is 0 Å². The molecule has 4 heteroatoms. The Hall–Kier alpha value is -0.870. The zero-order valence-electron chi connectivity index (χ0n) is 10.5. The van der Waals surface area contributed by atoms with Gasteiger partial charge in [-0.15, -0.1) is 0 Å². The second kappa shape index (κ2) is 6.01. The van der Waals surface area contributed by atoms with E-state index in [2.05, 4.69) is 24.1 Å². The normalized spacial score (nSPS) is 15.0. The number of hydrogen-bond acceptors (Lipinski definition) is 3. The number of aromatic nitrogens is 2. The summed E-state index contributed by atoms with van der Waals surface area (Å²) in [7, 11) is 0. The molecule has 92 valence electrons. The third kappa shape index (κ3) is 3.32. The lowest BCUT2D eigenvalue weighted by Gasteiger charge is -2.23. The van der Waals surface area contributed by atoms with Crippen molar-refractivity contribution in [3.05, 3.63) is 18.2 Å². The zero-order valence-corrected chi connectivity index (χ0v) is 10.5. The van der Waals surface area contributed by atoms with Crippen molar-refractivity contribution in [3.8, 4) is 0 Å². The smallest absolute Gasteiger partial charge is 0.140 e. The summed E-state index contributed by atoms with van der Waals surface area (Å²) in [4.78, 5) is 4.24. The summed E-state index contributed by atoms with van der Waals surface area (Å²) in [6, 6.07) is 0. The molecule has 1 aromatic rings. The van der Waals surface area contributed by atoms with Gasteiger partial charge in [-0.2, -0.15) is 0 Å². The molecule has 0 bridgehead atoms. The molecule has 0 amide bonds. The Morgan fingerprint density at radius 1 is 1.44 bits per heavy atom. The van der Waals surface area contributed by atoms with Crippen molar-refractivity contribution in [2.24, 2.45) is 0 Å². The fraction of sp³-hybridized carbons (Fsp3) is 0.750. The minimum absolute atomic E-state index is 0.685. The molecular formula is C12H23N3O. The van der Waals surface area contributed by atoms with Gasteiger partial charge in [0.1, 0.15) is 11.4 Å². The summed E-state index contributed by atoms with van der Waals surface area (Å²) in [5, 5.41) is 13.7. The van der Waals surface area contributed by atoms with Gasteiger partial charge in [0.2, 0.25) is 0 Å². The van der Waals surface area contributed by atoms with E-state index in [9.17, 15) is 5.11 Å². The van der Waals surface area contributed by atoms with E-state index in [0.29, 0.717) is 6.42 Å². The molecule has 2 N–H and O–H groups in total. The summed E-state index contributed by atoms with van der Waals surface area (Å²) < 4.78 is 1.99. The molecule has 1 unspecified atom stereocenters. The van der Waals surface area contributed by atoms with Gasteiger partial charge in [0.15, 0.2) is 0 Å². The molecular weight excluding hydrogens is 202 g/mol. The predicted octanol–water partition coefficient (Wildman–Crippen LogP) is 1.50. The largest absolute Gasteiger partial charge is 0.382 e. The van der Waals surface area contributed by atoms with Gasteiger partial charge >= 0.3 is 0 Å². The number of aliphatic hydroxyl groups is 1. The van der Waals surface area contributed by atoms with Gasteiger partial charge in [-0.25, -0.2) is 4.98 Å². The van der Waals surface area contributed by atoms with E-state index >= 15 is 0 Å². The lowest BCUT2D eigenvalue weighted by Crippen LogP contribution is -2.31. The number of hydrogen-bond donors (Lipinski definition) is 2. The Morgan fingerprint density at radius 2 is 2.19 bits per heavy atom. The fourth-order valence-corrected chi connectivity index (χ4v) is 1.78. The predicted molar refractivity (Wildman–Crippen MR) is 65.2 cm³/mol. The first-order valence-corrected chi connectivity index (χ1v) is 6.06. The maximum Gasteiger partial charge on any atom is 0.140 e. The molecule has 0 aliphatic rings. The number of rotatable bonds is 7. The first-order valence-electron chi connectivity index (χ1n) is 6.06. The van der Waals surface area contributed by atoms with Crippen LogP contribution >= 0.6 is 0 Å². The lowest BCUT2D eigenvalue weighted by molar-refractivity contribution is 0.0353. The van der Waals surface area contributed by atoms with E-state index in [0.717, 1.165) is 31.9 Å². The summed E-state index contributed by atoms with van der Waals surface area (Å²) in [5.74, 6) is 0.758. The lowest BCUT2D eigenvalue weighted by atomic mass is 10.0. The van der Waals surface area contributed by atoms with Gasteiger partial charge in [0, 0.05) is 18.9 Å². The average Bonchev–Trinajstić information content (AvgIpc) is 2.73. The summed E-state index contributed by atoms with van der Waals surface area (Å²) in [5.41, 5.74) is -0.847. The highest BCUT2D eigenvalue weighted by molar-refractivity contribution is 5.03. The van der Waals surface area contributed by atoms with Crippen LogP contribution in [0.5, 0.6) is 0 Å². The molecule has 0 saturated heterocycles. The first-order chi connectivity index (χ1) is 7.61. The van der Waals surface area contributed by atoms with Crippen LogP contribution in [0, 0.1) is 0 Å².